The van der Waals surface area contributed by atoms with Crippen molar-refractivity contribution in [2.45, 2.75) is 24.5 Å². The number of benzene rings is 2. The van der Waals surface area contributed by atoms with Crippen molar-refractivity contribution in [2.24, 2.45) is 0 Å². The Morgan fingerprint density at radius 1 is 1.00 bits per heavy atom. The van der Waals surface area contributed by atoms with Crippen LogP contribution in [0.15, 0.2) is 42.5 Å². The summed E-state index contributed by atoms with van der Waals surface area (Å²) in [5, 5.41) is 22.7. The second-order valence-electron chi connectivity index (χ2n) is 6.85. The van der Waals surface area contributed by atoms with Crippen LogP contribution in [-0.4, -0.2) is 47.5 Å². The molecule has 2 N–H and O–H groups in total. The summed E-state index contributed by atoms with van der Waals surface area (Å²) in [7, 11) is 0. The molecular weight excluding hydrogens is 409 g/mol. The lowest BCUT2D eigenvalue weighted by molar-refractivity contribution is -0.0372. The summed E-state index contributed by atoms with van der Waals surface area (Å²) < 4.78 is 5.59. The maximum Gasteiger partial charge on any atom is 0.156 e. The van der Waals surface area contributed by atoms with Crippen LogP contribution < -0.4 is 4.74 Å². The lowest BCUT2D eigenvalue weighted by Crippen LogP contribution is -2.46. The zero-order valence-electron chi connectivity index (χ0n) is 14.7. The van der Waals surface area contributed by atoms with E-state index in [4.69, 9.17) is 39.5 Å². The van der Waals surface area contributed by atoms with Crippen LogP contribution in [0.25, 0.3) is 0 Å². The van der Waals surface area contributed by atoms with Gasteiger partial charge >= 0.3 is 0 Å². The van der Waals surface area contributed by atoms with Crippen LogP contribution in [0.2, 0.25) is 15.1 Å². The molecule has 2 aromatic rings. The first-order chi connectivity index (χ1) is 12.9. The van der Waals surface area contributed by atoms with Gasteiger partial charge in [-0.2, -0.15) is 0 Å². The number of likely N-dealkylation sites (tertiary alicyclic amines) is 1. The fourth-order valence-electron chi connectivity index (χ4n) is 3.31. The Balaban J connectivity index is 1.49. The van der Waals surface area contributed by atoms with Crippen LogP contribution in [0.1, 0.15) is 18.4 Å². The Kier molecular flexibility index (Phi) is 6.90. The van der Waals surface area contributed by atoms with Crippen molar-refractivity contribution >= 4 is 34.8 Å². The first-order valence-corrected chi connectivity index (χ1v) is 9.96. The maximum absolute atomic E-state index is 10.9. The number of para-hydroxylation sites is 1. The average molecular weight is 431 g/mol. The lowest BCUT2D eigenvalue weighted by Gasteiger charge is -2.39. The minimum Gasteiger partial charge on any atom is -0.488 e. The van der Waals surface area contributed by atoms with E-state index in [1.807, 2.05) is 12.1 Å². The molecule has 1 atom stereocenters. The quantitative estimate of drug-likeness (QED) is 0.714. The number of ether oxygens (including phenoxy) is 1. The van der Waals surface area contributed by atoms with Crippen LogP contribution in [0.3, 0.4) is 0 Å². The van der Waals surface area contributed by atoms with Crippen molar-refractivity contribution in [3.8, 4) is 5.75 Å². The number of aliphatic hydroxyl groups excluding tert-OH is 1. The second kappa shape index (κ2) is 8.99. The standard InChI is InChI=1S/C20H22Cl3NO3/c21-15-6-4-14(5-7-15)20(26)8-10-24(11-9-20)12-16(25)13-27-19-17(22)2-1-3-18(19)23/h1-7,16,25-26H,8-13H2. The third-order valence-electron chi connectivity index (χ3n) is 4.87. The highest BCUT2D eigenvalue weighted by Crippen LogP contribution is 2.34. The van der Waals surface area contributed by atoms with Gasteiger partial charge in [0.25, 0.3) is 0 Å². The number of hydrogen-bond acceptors (Lipinski definition) is 4. The summed E-state index contributed by atoms with van der Waals surface area (Å²) in [6, 6.07) is 12.4. The van der Waals surface area contributed by atoms with E-state index < -0.39 is 11.7 Å². The predicted molar refractivity (Wildman–Crippen MR) is 109 cm³/mol. The van der Waals surface area contributed by atoms with E-state index in [2.05, 4.69) is 4.90 Å². The first kappa shape index (κ1) is 20.7. The Morgan fingerprint density at radius 2 is 1.59 bits per heavy atom. The fraction of sp³-hybridized carbons (Fsp3) is 0.400. The van der Waals surface area contributed by atoms with Gasteiger partial charge in [-0.05, 0) is 42.7 Å². The number of nitrogens with zero attached hydrogens (tertiary/aromatic N) is 1. The van der Waals surface area contributed by atoms with E-state index in [0.717, 1.165) is 5.56 Å². The number of aliphatic hydroxyl groups is 2. The summed E-state index contributed by atoms with van der Waals surface area (Å²) in [5.41, 5.74) is 0.0250. The molecular formula is C20H22Cl3NO3. The van der Waals surface area contributed by atoms with Crippen LogP contribution in [0.4, 0.5) is 0 Å². The van der Waals surface area contributed by atoms with Crippen LogP contribution in [0.5, 0.6) is 5.75 Å². The molecule has 0 bridgehead atoms. The number of β-amino-alcohol motifs (C(OH)–C–C–N with tert-alkyl or cyclic N) is 1. The fourth-order valence-corrected chi connectivity index (χ4v) is 3.94. The van der Waals surface area contributed by atoms with Gasteiger partial charge in [0.05, 0.1) is 15.6 Å². The van der Waals surface area contributed by atoms with E-state index in [0.29, 0.717) is 53.3 Å². The summed E-state index contributed by atoms with van der Waals surface area (Å²) >= 11 is 18.1. The molecule has 0 aromatic heterocycles. The van der Waals surface area contributed by atoms with Gasteiger partial charge in [0.2, 0.25) is 0 Å². The van der Waals surface area contributed by atoms with Crippen LogP contribution >= 0.6 is 34.8 Å². The highest BCUT2D eigenvalue weighted by Gasteiger charge is 2.34. The minimum absolute atomic E-state index is 0.0986. The van der Waals surface area contributed by atoms with Gasteiger partial charge in [-0.1, -0.05) is 53.0 Å². The highest BCUT2D eigenvalue weighted by atomic mass is 35.5. The first-order valence-electron chi connectivity index (χ1n) is 8.83. The molecule has 0 amide bonds. The van der Waals surface area contributed by atoms with E-state index in [9.17, 15) is 10.2 Å². The van der Waals surface area contributed by atoms with Gasteiger partial charge < -0.3 is 19.8 Å². The van der Waals surface area contributed by atoms with Gasteiger partial charge in [-0.25, -0.2) is 0 Å². The van der Waals surface area contributed by atoms with E-state index in [1.165, 1.54) is 0 Å². The third-order valence-corrected chi connectivity index (χ3v) is 5.72. The van der Waals surface area contributed by atoms with Crippen molar-refractivity contribution in [2.75, 3.05) is 26.2 Å². The smallest absolute Gasteiger partial charge is 0.156 e. The summed E-state index contributed by atoms with van der Waals surface area (Å²) in [5.74, 6) is 0.385. The molecule has 146 valence electrons. The molecule has 2 aromatic carbocycles. The third kappa shape index (κ3) is 5.29. The zero-order valence-corrected chi connectivity index (χ0v) is 17.0. The molecule has 0 radical (unpaired) electrons. The van der Waals surface area contributed by atoms with Gasteiger partial charge in [-0.15, -0.1) is 0 Å². The van der Waals surface area contributed by atoms with Crippen molar-refractivity contribution in [3.05, 3.63) is 63.1 Å². The van der Waals surface area contributed by atoms with Gasteiger partial charge in [0, 0.05) is 24.7 Å². The number of hydrogen-bond donors (Lipinski definition) is 2. The molecule has 1 aliphatic heterocycles. The van der Waals surface area contributed by atoms with Crippen molar-refractivity contribution in [1.29, 1.82) is 0 Å². The average Bonchev–Trinajstić information content (AvgIpc) is 2.64. The zero-order chi connectivity index (χ0) is 19.4. The predicted octanol–water partition coefficient (Wildman–Crippen LogP) is 4.37. The number of rotatable bonds is 6. The Morgan fingerprint density at radius 3 is 2.19 bits per heavy atom. The molecule has 7 heteroatoms. The van der Waals surface area contributed by atoms with Gasteiger partial charge in [0.1, 0.15) is 12.7 Å². The van der Waals surface area contributed by atoms with Crippen molar-refractivity contribution in [3.63, 3.8) is 0 Å². The minimum atomic E-state index is -0.854. The van der Waals surface area contributed by atoms with Gasteiger partial charge in [0.15, 0.2) is 5.75 Å². The Hall–Kier alpha value is -1.01. The molecule has 4 nitrogen and oxygen atoms in total. The van der Waals surface area contributed by atoms with Crippen molar-refractivity contribution in [1.82, 2.24) is 4.90 Å². The number of halogens is 3. The largest absolute Gasteiger partial charge is 0.488 e. The molecule has 0 spiro atoms. The summed E-state index contributed by atoms with van der Waals surface area (Å²) in [6.07, 6.45) is 0.510. The molecule has 1 saturated heterocycles. The Labute approximate surface area is 174 Å². The maximum atomic E-state index is 10.9. The van der Waals surface area contributed by atoms with E-state index in [-0.39, 0.29) is 6.61 Å². The topological polar surface area (TPSA) is 52.9 Å². The molecule has 1 fully saturated rings. The number of piperidine rings is 1. The Bertz CT molecular complexity index is 741. The molecule has 0 aliphatic carbocycles. The molecule has 27 heavy (non-hydrogen) atoms. The molecule has 1 heterocycles. The second-order valence-corrected chi connectivity index (χ2v) is 8.11. The summed E-state index contributed by atoms with van der Waals surface area (Å²) in [4.78, 5) is 2.12. The van der Waals surface area contributed by atoms with Gasteiger partial charge in [-0.3, -0.25) is 0 Å². The van der Waals surface area contributed by atoms with Crippen LogP contribution in [0, 0.1) is 0 Å². The molecule has 3 rings (SSSR count). The van der Waals surface area contributed by atoms with Crippen molar-refractivity contribution < 1.29 is 14.9 Å². The lowest BCUT2D eigenvalue weighted by atomic mass is 9.84. The molecule has 0 saturated carbocycles. The van der Waals surface area contributed by atoms with Crippen LogP contribution in [-0.2, 0) is 5.60 Å². The molecule has 1 unspecified atom stereocenters. The monoisotopic (exact) mass is 429 g/mol. The summed E-state index contributed by atoms with van der Waals surface area (Å²) in [6.45, 7) is 1.92. The van der Waals surface area contributed by atoms with E-state index >= 15 is 0 Å². The molecule has 1 aliphatic rings. The highest BCUT2D eigenvalue weighted by molar-refractivity contribution is 6.37. The van der Waals surface area contributed by atoms with E-state index in [1.54, 1.807) is 30.3 Å². The SMILES string of the molecule is OC(COc1c(Cl)cccc1Cl)CN1CCC(O)(c2ccc(Cl)cc2)CC1. The normalized spacial score (nSPS) is 18.3.